The first-order chi connectivity index (χ1) is 15.2. The van der Waals surface area contributed by atoms with E-state index in [-0.39, 0.29) is 28.3 Å². The molecule has 0 bridgehead atoms. The van der Waals surface area contributed by atoms with Crippen LogP contribution in [0.15, 0.2) is 59.1 Å². The van der Waals surface area contributed by atoms with Crippen molar-refractivity contribution in [2.45, 2.75) is 6.92 Å². The highest BCUT2D eigenvalue weighted by Gasteiger charge is 2.19. The minimum Gasteiger partial charge on any atom is -0.483 e. The number of carboxylic acids is 1. The zero-order chi connectivity index (χ0) is 23.4. The second kappa shape index (κ2) is 9.93. The highest BCUT2D eigenvalue weighted by atomic mass is 79.9. The van der Waals surface area contributed by atoms with Gasteiger partial charge in [0.1, 0.15) is 11.6 Å². The van der Waals surface area contributed by atoms with E-state index >= 15 is 0 Å². The molecule has 0 heterocycles. The Kier molecular flexibility index (Phi) is 7.27. The Morgan fingerprint density at radius 3 is 2.53 bits per heavy atom. The van der Waals surface area contributed by atoms with Crippen molar-refractivity contribution in [1.29, 1.82) is 0 Å². The Morgan fingerprint density at radius 2 is 1.84 bits per heavy atom. The monoisotopic (exact) mass is 519 g/mol. The van der Waals surface area contributed by atoms with Crippen LogP contribution in [0.4, 0.5) is 10.1 Å². The van der Waals surface area contributed by atoms with Gasteiger partial charge < -0.3 is 15.2 Å². The van der Waals surface area contributed by atoms with Crippen molar-refractivity contribution in [3.8, 4) is 5.75 Å². The Morgan fingerprint density at radius 1 is 1.09 bits per heavy atom. The number of anilines is 1. The van der Waals surface area contributed by atoms with Gasteiger partial charge in [0.25, 0.3) is 5.91 Å². The molecule has 0 spiro atoms. The lowest BCUT2D eigenvalue weighted by atomic mass is 10.0. The summed E-state index contributed by atoms with van der Waals surface area (Å²) in [5.74, 6) is -3.15. The van der Waals surface area contributed by atoms with Crippen molar-refractivity contribution in [1.82, 2.24) is 0 Å². The Labute approximate surface area is 196 Å². The molecule has 0 aliphatic carbocycles. The molecule has 0 atom stereocenters. The predicted molar refractivity (Wildman–Crippen MR) is 121 cm³/mol. The molecule has 6 nitrogen and oxygen atoms in total. The third-order valence-corrected chi connectivity index (χ3v) is 5.25. The SMILES string of the molecule is Cc1c(NC(=O)COc2ccc(Cl)cc2C(=O)c2cccc(Br)c2)ccc(C(=O)O)c1F. The first kappa shape index (κ1) is 23.4. The molecule has 0 radical (unpaired) electrons. The summed E-state index contributed by atoms with van der Waals surface area (Å²) < 4.78 is 20.4. The Balaban J connectivity index is 1.76. The third-order valence-electron chi connectivity index (χ3n) is 4.52. The highest BCUT2D eigenvalue weighted by molar-refractivity contribution is 9.10. The molecular formula is C23H16BrClFNO5. The van der Waals surface area contributed by atoms with Crippen LogP contribution in [0.1, 0.15) is 31.8 Å². The van der Waals surface area contributed by atoms with Crippen LogP contribution in [-0.2, 0) is 4.79 Å². The Bertz CT molecular complexity index is 1230. The number of carboxylic acid groups (broad SMARTS) is 1. The summed E-state index contributed by atoms with van der Waals surface area (Å²) in [5.41, 5.74) is 0.184. The summed E-state index contributed by atoms with van der Waals surface area (Å²) in [4.78, 5) is 36.3. The number of hydrogen-bond acceptors (Lipinski definition) is 4. The van der Waals surface area contributed by atoms with Crippen LogP contribution in [0.5, 0.6) is 5.75 Å². The third kappa shape index (κ3) is 5.33. The maximum absolute atomic E-state index is 14.2. The summed E-state index contributed by atoms with van der Waals surface area (Å²) in [7, 11) is 0. The van der Waals surface area contributed by atoms with Gasteiger partial charge in [0, 0.05) is 26.3 Å². The highest BCUT2D eigenvalue weighted by Crippen LogP contribution is 2.27. The molecule has 32 heavy (non-hydrogen) atoms. The molecule has 0 saturated heterocycles. The molecule has 0 fully saturated rings. The fraction of sp³-hybridized carbons (Fsp3) is 0.0870. The van der Waals surface area contributed by atoms with Crippen molar-refractivity contribution in [2.75, 3.05) is 11.9 Å². The molecule has 3 aromatic carbocycles. The van der Waals surface area contributed by atoms with E-state index in [9.17, 15) is 18.8 Å². The van der Waals surface area contributed by atoms with Crippen molar-refractivity contribution < 1.29 is 28.6 Å². The quantitative estimate of drug-likeness (QED) is 0.402. The van der Waals surface area contributed by atoms with Crippen LogP contribution in [0, 0.1) is 12.7 Å². The lowest BCUT2D eigenvalue weighted by molar-refractivity contribution is -0.118. The molecule has 164 valence electrons. The van der Waals surface area contributed by atoms with E-state index in [0.29, 0.717) is 10.6 Å². The molecule has 9 heteroatoms. The molecule has 3 rings (SSSR count). The molecule has 0 aliphatic heterocycles. The maximum atomic E-state index is 14.2. The minimum absolute atomic E-state index is 0.0183. The van der Waals surface area contributed by atoms with Crippen molar-refractivity contribution >= 4 is 50.9 Å². The second-order valence-electron chi connectivity index (χ2n) is 6.72. The van der Waals surface area contributed by atoms with Crippen LogP contribution in [0.2, 0.25) is 5.02 Å². The van der Waals surface area contributed by atoms with E-state index in [0.717, 1.165) is 10.5 Å². The number of halogens is 3. The topological polar surface area (TPSA) is 92.7 Å². The number of carbonyl (C=O) groups is 3. The number of rotatable bonds is 7. The number of ketones is 1. The molecule has 2 N–H and O–H groups in total. The summed E-state index contributed by atoms with van der Waals surface area (Å²) in [6.07, 6.45) is 0. The average molecular weight is 521 g/mol. The number of hydrogen-bond donors (Lipinski definition) is 2. The fourth-order valence-electron chi connectivity index (χ4n) is 2.91. The van der Waals surface area contributed by atoms with Gasteiger partial charge in [-0.15, -0.1) is 0 Å². The van der Waals surface area contributed by atoms with Crippen molar-refractivity contribution in [2.24, 2.45) is 0 Å². The zero-order valence-electron chi connectivity index (χ0n) is 16.6. The van der Waals surface area contributed by atoms with E-state index in [1.807, 2.05) is 0 Å². The van der Waals surface area contributed by atoms with Crippen molar-refractivity contribution in [3.63, 3.8) is 0 Å². The number of benzene rings is 3. The minimum atomic E-state index is -1.41. The number of aromatic carboxylic acids is 1. The average Bonchev–Trinajstić information content (AvgIpc) is 2.75. The predicted octanol–water partition coefficient (Wildman–Crippen LogP) is 5.50. The van der Waals surface area contributed by atoms with E-state index < -0.39 is 29.9 Å². The van der Waals surface area contributed by atoms with Crippen molar-refractivity contribution in [3.05, 3.63) is 92.2 Å². The van der Waals surface area contributed by atoms with Crippen LogP contribution in [0.25, 0.3) is 0 Å². The van der Waals surface area contributed by atoms with Gasteiger partial charge in [0.05, 0.1) is 11.1 Å². The standard InChI is InChI=1S/C23H16BrClFNO5/c1-12-18(7-6-16(21(12)26)23(30)31)27-20(28)11-32-19-8-5-15(25)10-17(19)22(29)13-3-2-4-14(24)9-13/h2-10H,11H2,1H3,(H,27,28)(H,30,31). The van der Waals surface area contributed by atoms with Crippen LogP contribution in [0.3, 0.4) is 0 Å². The first-order valence-electron chi connectivity index (χ1n) is 9.22. The van der Waals surface area contributed by atoms with Gasteiger partial charge in [-0.2, -0.15) is 0 Å². The Hall–Kier alpha value is -3.23. The lowest BCUT2D eigenvalue weighted by Crippen LogP contribution is -2.22. The number of amides is 1. The molecule has 0 saturated carbocycles. The molecule has 0 aromatic heterocycles. The van der Waals surface area contributed by atoms with Gasteiger partial charge in [-0.3, -0.25) is 9.59 Å². The van der Waals surface area contributed by atoms with Gasteiger partial charge in [-0.1, -0.05) is 39.7 Å². The molecular weight excluding hydrogens is 505 g/mol. The van der Waals surface area contributed by atoms with E-state index in [1.165, 1.54) is 31.2 Å². The van der Waals surface area contributed by atoms with Gasteiger partial charge in [-0.05, 0) is 49.4 Å². The molecule has 1 amide bonds. The van der Waals surface area contributed by atoms with Gasteiger partial charge in [0.15, 0.2) is 12.4 Å². The van der Waals surface area contributed by atoms with Gasteiger partial charge >= 0.3 is 5.97 Å². The maximum Gasteiger partial charge on any atom is 0.338 e. The van der Waals surface area contributed by atoms with E-state index in [1.54, 1.807) is 24.3 Å². The largest absolute Gasteiger partial charge is 0.483 e. The number of carbonyl (C=O) groups excluding carboxylic acids is 2. The van der Waals surface area contributed by atoms with Gasteiger partial charge in [0.2, 0.25) is 0 Å². The summed E-state index contributed by atoms with van der Waals surface area (Å²) in [6, 6.07) is 13.6. The number of ether oxygens (including phenoxy) is 1. The fourth-order valence-corrected chi connectivity index (χ4v) is 3.48. The summed E-state index contributed by atoms with van der Waals surface area (Å²) in [6.45, 7) is 0.883. The smallest absolute Gasteiger partial charge is 0.338 e. The second-order valence-corrected chi connectivity index (χ2v) is 8.07. The summed E-state index contributed by atoms with van der Waals surface area (Å²) >= 11 is 9.36. The zero-order valence-corrected chi connectivity index (χ0v) is 19.0. The van der Waals surface area contributed by atoms with E-state index in [4.69, 9.17) is 21.4 Å². The van der Waals surface area contributed by atoms with Crippen LogP contribution in [-0.4, -0.2) is 29.4 Å². The molecule has 0 aliphatic rings. The van der Waals surface area contributed by atoms with E-state index in [2.05, 4.69) is 21.2 Å². The van der Waals surface area contributed by atoms with Crippen LogP contribution < -0.4 is 10.1 Å². The number of nitrogens with one attached hydrogen (secondary N) is 1. The lowest BCUT2D eigenvalue weighted by Gasteiger charge is -2.13. The summed E-state index contributed by atoms with van der Waals surface area (Å²) in [5, 5.41) is 11.8. The van der Waals surface area contributed by atoms with Gasteiger partial charge in [-0.25, -0.2) is 9.18 Å². The molecule has 3 aromatic rings. The first-order valence-corrected chi connectivity index (χ1v) is 10.4. The normalized spacial score (nSPS) is 10.5. The van der Waals surface area contributed by atoms with Crippen LogP contribution >= 0.6 is 27.5 Å². The molecule has 0 unspecified atom stereocenters.